The maximum atomic E-state index is 12.3. The maximum Gasteiger partial charge on any atom is 0.339 e. The van der Waals surface area contributed by atoms with Gasteiger partial charge in [0.1, 0.15) is 22.8 Å². The van der Waals surface area contributed by atoms with Gasteiger partial charge in [0.15, 0.2) is 0 Å². The molecule has 0 saturated carbocycles. The first-order chi connectivity index (χ1) is 14.0. The molecule has 9 heteroatoms. The van der Waals surface area contributed by atoms with Crippen LogP contribution in [0.2, 0.25) is 0 Å². The Morgan fingerprint density at radius 3 is 2.72 bits per heavy atom. The average molecular weight is 398 g/mol. The molecule has 3 aromatic heterocycles. The van der Waals surface area contributed by atoms with Crippen LogP contribution in [0.1, 0.15) is 42.3 Å². The molecule has 0 aromatic carbocycles. The number of anilines is 1. The summed E-state index contributed by atoms with van der Waals surface area (Å²) in [6.07, 6.45) is 8.29. The number of hydrogen-bond donors (Lipinski definition) is 3. The SMILES string of the molecule is CCCCn1cc(NC(=O)CCc2cnc(-c3ccc(O)cn3)o2)c(C(=O)O)c1. The van der Waals surface area contributed by atoms with Crippen LogP contribution in [0.15, 0.2) is 41.3 Å². The number of unbranched alkanes of at least 4 members (excludes halogenated alkanes) is 1. The van der Waals surface area contributed by atoms with Crippen LogP contribution < -0.4 is 5.32 Å². The number of pyridine rings is 1. The minimum Gasteiger partial charge on any atom is -0.506 e. The highest BCUT2D eigenvalue weighted by Crippen LogP contribution is 2.21. The van der Waals surface area contributed by atoms with Crippen molar-refractivity contribution in [1.82, 2.24) is 14.5 Å². The summed E-state index contributed by atoms with van der Waals surface area (Å²) >= 11 is 0. The van der Waals surface area contributed by atoms with Gasteiger partial charge in [-0.2, -0.15) is 0 Å². The van der Waals surface area contributed by atoms with Gasteiger partial charge in [-0.3, -0.25) is 4.79 Å². The van der Waals surface area contributed by atoms with Crippen LogP contribution in [0.25, 0.3) is 11.6 Å². The molecule has 0 aliphatic rings. The minimum atomic E-state index is -1.09. The number of aryl methyl sites for hydroxylation is 2. The topological polar surface area (TPSA) is 130 Å². The van der Waals surface area contributed by atoms with Crippen LogP contribution in [0.3, 0.4) is 0 Å². The predicted molar refractivity (Wildman–Crippen MR) is 105 cm³/mol. The monoisotopic (exact) mass is 398 g/mol. The Labute approximate surface area is 167 Å². The van der Waals surface area contributed by atoms with Crippen molar-refractivity contribution >= 4 is 17.6 Å². The van der Waals surface area contributed by atoms with Crippen molar-refractivity contribution in [3.8, 4) is 17.3 Å². The molecule has 0 fully saturated rings. The molecule has 0 spiro atoms. The fourth-order valence-electron chi connectivity index (χ4n) is 2.75. The van der Waals surface area contributed by atoms with Gasteiger partial charge in [0, 0.05) is 31.8 Å². The average Bonchev–Trinajstić information content (AvgIpc) is 3.32. The number of aromatic hydroxyl groups is 1. The fraction of sp³-hybridized carbons (Fsp3) is 0.300. The number of hydrogen-bond acceptors (Lipinski definition) is 6. The van der Waals surface area contributed by atoms with Gasteiger partial charge in [-0.25, -0.2) is 14.8 Å². The zero-order valence-electron chi connectivity index (χ0n) is 16.0. The number of aromatic carboxylic acids is 1. The lowest BCUT2D eigenvalue weighted by atomic mass is 10.2. The third-order valence-electron chi connectivity index (χ3n) is 4.27. The van der Waals surface area contributed by atoms with E-state index in [2.05, 4.69) is 22.2 Å². The van der Waals surface area contributed by atoms with Crippen LogP contribution in [-0.4, -0.2) is 36.6 Å². The molecule has 0 radical (unpaired) electrons. The highest BCUT2D eigenvalue weighted by atomic mass is 16.4. The molecule has 29 heavy (non-hydrogen) atoms. The van der Waals surface area contributed by atoms with Gasteiger partial charge in [0.05, 0.1) is 18.1 Å². The number of carboxylic acids is 1. The van der Waals surface area contributed by atoms with Crippen molar-refractivity contribution in [3.63, 3.8) is 0 Å². The van der Waals surface area contributed by atoms with E-state index in [1.54, 1.807) is 16.8 Å². The molecule has 3 aromatic rings. The maximum absolute atomic E-state index is 12.3. The molecule has 152 valence electrons. The number of oxazole rings is 1. The second-order valence-electron chi connectivity index (χ2n) is 6.56. The lowest BCUT2D eigenvalue weighted by molar-refractivity contribution is -0.116. The molecule has 3 N–H and O–H groups in total. The van der Waals surface area contributed by atoms with Crippen molar-refractivity contribution in [2.24, 2.45) is 0 Å². The van der Waals surface area contributed by atoms with Gasteiger partial charge in [-0.1, -0.05) is 13.3 Å². The zero-order valence-corrected chi connectivity index (χ0v) is 16.0. The summed E-state index contributed by atoms with van der Waals surface area (Å²) < 4.78 is 7.36. The number of aromatic nitrogens is 3. The van der Waals surface area contributed by atoms with E-state index >= 15 is 0 Å². The van der Waals surface area contributed by atoms with Crippen LogP contribution in [0.5, 0.6) is 5.75 Å². The first kappa shape index (κ1) is 20.1. The molecule has 3 rings (SSSR count). The van der Waals surface area contributed by atoms with Crippen molar-refractivity contribution in [2.75, 3.05) is 5.32 Å². The number of nitrogens with one attached hydrogen (secondary N) is 1. The van der Waals surface area contributed by atoms with E-state index in [9.17, 15) is 19.8 Å². The third-order valence-corrected chi connectivity index (χ3v) is 4.27. The summed E-state index contributed by atoms with van der Waals surface area (Å²) in [5.41, 5.74) is 0.818. The van der Waals surface area contributed by atoms with E-state index in [0.29, 0.717) is 30.3 Å². The largest absolute Gasteiger partial charge is 0.506 e. The fourth-order valence-corrected chi connectivity index (χ4v) is 2.75. The van der Waals surface area contributed by atoms with E-state index in [1.807, 2.05) is 0 Å². The molecule has 3 heterocycles. The summed E-state index contributed by atoms with van der Waals surface area (Å²) in [6, 6.07) is 3.06. The standard InChI is InChI=1S/C20H22N4O5/c1-2-3-8-24-11-15(20(27)28)17(12-24)23-18(26)7-5-14-10-22-19(29-14)16-6-4-13(25)9-21-16/h4,6,9-12,25H,2-3,5,7-8H2,1H3,(H,23,26)(H,27,28). The molecule has 1 amide bonds. The lowest BCUT2D eigenvalue weighted by Gasteiger charge is -2.03. The number of nitrogens with zero attached hydrogens (tertiary/aromatic N) is 3. The Bertz CT molecular complexity index is 991. The van der Waals surface area contributed by atoms with Gasteiger partial charge in [-0.05, 0) is 18.6 Å². The van der Waals surface area contributed by atoms with Crippen LogP contribution in [0, 0.1) is 0 Å². The van der Waals surface area contributed by atoms with Crippen molar-refractivity contribution in [2.45, 2.75) is 39.2 Å². The summed E-state index contributed by atoms with van der Waals surface area (Å²) in [5, 5.41) is 21.3. The van der Waals surface area contributed by atoms with Crippen molar-refractivity contribution in [3.05, 3.63) is 48.2 Å². The summed E-state index contributed by atoms with van der Waals surface area (Å²) in [5.74, 6) is -0.565. The molecule has 0 aliphatic carbocycles. The number of carbonyl (C=O) groups excluding carboxylic acids is 1. The lowest BCUT2D eigenvalue weighted by Crippen LogP contribution is -2.14. The normalized spacial score (nSPS) is 10.8. The Morgan fingerprint density at radius 2 is 2.03 bits per heavy atom. The molecule has 0 atom stereocenters. The van der Waals surface area contributed by atoms with Crippen LogP contribution in [0.4, 0.5) is 5.69 Å². The first-order valence-corrected chi connectivity index (χ1v) is 9.29. The van der Waals surface area contributed by atoms with E-state index in [4.69, 9.17) is 4.42 Å². The second kappa shape index (κ2) is 9.05. The molecule has 0 aliphatic heterocycles. The molecular weight excluding hydrogens is 376 g/mol. The Kier molecular flexibility index (Phi) is 6.28. The summed E-state index contributed by atoms with van der Waals surface area (Å²) in [7, 11) is 0. The number of carboxylic acid groups (broad SMARTS) is 1. The van der Waals surface area contributed by atoms with Gasteiger partial charge in [0.2, 0.25) is 11.8 Å². The molecule has 0 unspecified atom stereocenters. The van der Waals surface area contributed by atoms with Gasteiger partial charge in [-0.15, -0.1) is 0 Å². The molecule has 0 bridgehead atoms. The number of carbonyl (C=O) groups is 2. The number of amides is 1. The van der Waals surface area contributed by atoms with Crippen LogP contribution >= 0.6 is 0 Å². The predicted octanol–water partition coefficient (Wildman–Crippen LogP) is 3.31. The second-order valence-corrected chi connectivity index (χ2v) is 6.56. The van der Waals surface area contributed by atoms with Gasteiger partial charge >= 0.3 is 5.97 Å². The Hall–Kier alpha value is -3.62. The first-order valence-electron chi connectivity index (χ1n) is 9.29. The van der Waals surface area contributed by atoms with E-state index in [-0.39, 0.29) is 29.3 Å². The van der Waals surface area contributed by atoms with Gasteiger partial charge < -0.3 is 24.5 Å². The Morgan fingerprint density at radius 1 is 1.21 bits per heavy atom. The van der Waals surface area contributed by atoms with Crippen molar-refractivity contribution < 1.29 is 24.2 Å². The Balaban J connectivity index is 1.59. The smallest absolute Gasteiger partial charge is 0.339 e. The third kappa shape index (κ3) is 5.22. The van der Waals surface area contributed by atoms with E-state index in [0.717, 1.165) is 12.8 Å². The van der Waals surface area contributed by atoms with E-state index in [1.165, 1.54) is 24.7 Å². The highest BCUT2D eigenvalue weighted by molar-refractivity contribution is 6.00. The molecule has 0 saturated heterocycles. The van der Waals surface area contributed by atoms with E-state index < -0.39 is 5.97 Å². The molecular formula is C20H22N4O5. The summed E-state index contributed by atoms with van der Waals surface area (Å²) in [4.78, 5) is 31.8. The molecule has 9 nitrogen and oxygen atoms in total. The quantitative estimate of drug-likeness (QED) is 0.504. The number of rotatable bonds is 9. The highest BCUT2D eigenvalue weighted by Gasteiger charge is 2.16. The van der Waals surface area contributed by atoms with Crippen molar-refractivity contribution in [1.29, 1.82) is 0 Å². The zero-order chi connectivity index (χ0) is 20.8. The summed E-state index contributed by atoms with van der Waals surface area (Å²) in [6.45, 7) is 2.75. The van der Waals surface area contributed by atoms with Gasteiger partial charge in [0.25, 0.3) is 0 Å². The minimum absolute atomic E-state index is 0.0430. The van der Waals surface area contributed by atoms with Crippen LogP contribution in [-0.2, 0) is 17.8 Å².